The fourth-order valence-corrected chi connectivity index (χ4v) is 0.985. The summed E-state index contributed by atoms with van der Waals surface area (Å²) in [6.45, 7) is 6.31. The number of hydrogen-bond acceptors (Lipinski definition) is 3. The monoisotopic (exact) mass is 179 g/mol. The SMILES string of the molecule is C=C(/C=C\C)Cn1cc(CO)nn1. The summed E-state index contributed by atoms with van der Waals surface area (Å²) in [6, 6.07) is 0. The summed E-state index contributed by atoms with van der Waals surface area (Å²) in [6.07, 6.45) is 5.54. The Hall–Kier alpha value is -1.42. The Morgan fingerprint density at radius 1 is 1.77 bits per heavy atom. The first kappa shape index (κ1) is 9.67. The molecule has 4 heteroatoms. The van der Waals surface area contributed by atoms with Crippen molar-refractivity contribution in [3.63, 3.8) is 0 Å². The van der Waals surface area contributed by atoms with E-state index in [2.05, 4.69) is 16.9 Å². The summed E-state index contributed by atoms with van der Waals surface area (Å²) in [5, 5.41) is 16.3. The molecule has 0 aliphatic carbocycles. The number of aliphatic hydroxyl groups is 1. The Morgan fingerprint density at radius 3 is 3.08 bits per heavy atom. The molecule has 13 heavy (non-hydrogen) atoms. The van der Waals surface area contributed by atoms with Gasteiger partial charge in [0.15, 0.2) is 0 Å². The van der Waals surface area contributed by atoms with Gasteiger partial charge in [0.05, 0.1) is 19.3 Å². The van der Waals surface area contributed by atoms with Gasteiger partial charge in [-0.25, -0.2) is 4.68 Å². The van der Waals surface area contributed by atoms with Crippen molar-refractivity contribution in [1.29, 1.82) is 0 Å². The van der Waals surface area contributed by atoms with Gasteiger partial charge >= 0.3 is 0 Å². The van der Waals surface area contributed by atoms with Gasteiger partial charge in [0, 0.05) is 0 Å². The lowest BCUT2D eigenvalue weighted by molar-refractivity contribution is 0.276. The van der Waals surface area contributed by atoms with Crippen LogP contribution in [0.4, 0.5) is 0 Å². The Kier molecular flexibility index (Phi) is 3.40. The van der Waals surface area contributed by atoms with Crippen LogP contribution < -0.4 is 0 Å². The first-order valence-corrected chi connectivity index (χ1v) is 4.06. The van der Waals surface area contributed by atoms with E-state index in [-0.39, 0.29) is 6.61 Å². The van der Waals surface area contributed by atoms with Crippen LogP contribution in [-0.2, 0) is 13.2 Å². The predicted molar refractivity (Wildman–Crippen MR) is 49.9 cm³/mol. The van der Waals surface area contributed by atoms with Gasteiger partial charge in [0.25, 0.3) is 0 Å². The zero-order valence-corrected chi connectivity index (χ0v) is 7.64. The number of allylic oxidation sites excluding steroid dienone is 3. The maximum atomic E-state index is 8.74. The van der Waals surface area contributed by atoms with Crippen LogP contribution in [0, 0.1) is 0 Å². The second-order valence-electron chi connectivity index (χ2n) is 2.72. The van der Waals surface area contributed by atoms with E-state index in [1.165, 1.54) is 0 Å². The van der Waals surface area contributed by atoms with E-state index >= 15 is 0 Å². The van der Waals surface area contributed by atoms with E-state index in [1.54, 1.807) is 10.9 Å². The van der Waals surface area contributed by atoms with E-state index in [1.807, 2.05) is 19.1 Å². The molecule has 0 fully saturated rings. The number of hydrogen-bond donors (Lipinski definition) is 1. The van der Waals surface area contributed by atoms with Crippen LogP contribution in [0.3, 0.4) is 0 Å². The van der Waals surface area contributed by atoms with E-state index in [4.69, 9.17) is 5.11 Å². The predicted octanol–water partition coefficient (Wildman–Crippen LogP) is 0.903. The smallest absolute Gasteiger partial charge is 0.108 e. The zero-order valence-electron chi connectivity index (χ0n) is 7.64. The summed E-state index contributed by atoms with van der Waals surface area (Å²) in [7, 11) is 0. The van der Waals surface area contributed by atoms with Gasteiger partial charge in [0.1, 0.15) is 5.69 Å². The first-order chi connectivity index (χ1) is 6.26. The molecule has 0 amide bonds. The molecular formula is C9H13N3O. The molecule has 1 rings (SSSR count). The van der Waals surface area contributed by atoms with Crippen molar-refractivity contribution in [3.8, 4) is 0 Å². The number of nitrogens with zero attached hydrogens (tertiary/aromatic N) is 3. The average molecular weight is 179 g/mol. The van der Waals surface area contributed by atoms with E-state index < -0.39 is 0 Å². The number of aliphatic hydroxyl groups excluding tert-OH is 1. The third-order valence-electron chi connectivity index (χ3n) is 1.52. The lowest BCUT2D eigenvalue weighted by Crippen LogP contribution is -1.99. The highest BCUT2D eigenvalue weighted by atomic mass is 16.3. The molecular weight excluding hydrogens is 166 g/mol. The fraction of sp³-hybridized carbons (Fsp3) is 0.333. The summed E-state index contributed by atoms with van der Waals surface area (Å²) >= 11 is 0. The highest BCUT2D eigenvalue weighted by Gasteiger charge is 1.98. The van der Waals surface area contributed by atoms with Crippen LogP contribution in [0.5, 0.6) is 0 Å². The number of rotatable bonds is 4. The highest BCUT2D eigenvalue weighted by Crippen LogP contribution is 1.99. The second kappa shape index (κ2) is 4.57. The van der Waals surface area contributed by atoms with Crippen LogP contribution in [-0.4, -0.2) is 20.1 Å². The van der Waals surface area contributed by atoms with Gasteiger partial charge in [-0.05, 0) is 12.5 Å². The van der Waals surface area contributed by atoms with Crippen molar-refractivity contribution in [2.75, 3.05) is 0 Å². The van der Waals surface area contributed by atoms with Crippen molar-refractivity contribution in [1.82, 2.24) is 15.0 Å². The molecule has 1 N–H and O–H groups in total. The Balaban J connectivity index is 2.58. The molecule has 0 aliphatic heterocycles. The zero-order chi connectivity index (χ0) is 9.68. The van der Waals surface area contributed by atoms with Crippen LogP contribution in [0.15, 0.2) is 30.5 Å². The average Bonchev–Trinajstić information content (AvgIpc) is 2.52. The van der Waals surface area contributed by atoms with Gasteiger partial charge in [-0.15, -0.1) is 5.10 Å². The first-order valence-electron chi connectivity index (χ1n) is 4.06. The highest BCUT2D eigenvalue weighted by molar-refractivity contribution is 5.13. The molecule has 1 heterocycles. The van der Waals surface area contributed by atoms with Crippen molar-refractivity contribution >= 4 is 0 Å². The van der Waals surface area contributed by atoms with Gasteiger partial charge < -0.3 is 5.11 Å². The molecule has 1 aromatic heterocycles. The minimum Gasteiger partial charge on any atom is -0.390 e. The minimum atomic E-state index is -0.0733. The third kappa shape index (κ3) is 2.83. The molecule has 0 bridgehead atoms. The second-order valence-corrected chi connectivity index (χ2v) is 2.72. The Labute approximate surface area is 77.2 Å². The quantitative estimate of drug-likeness (QED) is 0.699. The molecule has 0 atom stereocenters. The lowest BCUT2D eigenvalue weighted by Gasteiger charge is -1.97. The minimum absolute atomic E-state index is 0.0733. The largest absolute Gasteiger partial charge is 0.390 e. The molecule has 0 unspecified atom stereocenters. The molecule has 70 valence electrons. The number of aromatic nitrogens is 3. The van der Waals surface area contributed by atoms with E-state index in [9.17, 15) is 0 Å². The molecule has 0 saturated heterocycles. The Bertz CT molecular complexity index is 314. The van der Waals surface area contributed by atoms with Gasteiger partial charge in [-0.3, -0.25) is 0 Å². The molecule has 0 aliphatic rings. The third-order valence-corrected chi connectivity index (χ3v) is 1.52. The van der Waals surface area contributed by atoms with Gasteiger partial charge in [-0.2, -0.15) is 0 Å². The molecule has 0 spiro atoms. The fourth-order valence-electron chi connectivity index (χ4n) is 0.985. The van der Waals surface area contributed by atoms with Crippen molar-refractivity contribution in [2.24, 2.45) is 0 Å². The molecule has 0 saturated carbocycles. The molecule has 1 aromatic rings. The summed E-state index contributed by atoms with van der Waals surface area (Å²) in [4.78, 5) is 0. The summed E-state index contributed by atoms with van der Waals surface area (Å²) < 4.78 is 1.65. The van der Waals surface area contributed by atoms with Crippen LogP contribution in [0.2, 0.25) is 0 Å². The molecule has 4 nitrogen and oxygen atoms in total. The van der Waals surface area contributed by atoms with E-state index in [0.717, 1.165) is 5.57 Å². The van der Waals surface area contributed by atoms with Crippen LogP contribution in [0.25, 0.3) is 0 Å². The van der Waals surface area contributed by atoms with E-state index in [0.29, 0.717) is 12.2 Å². The lowest BCUT2D eigenvalue weighted by atomic mass is 10.3. The van der Waals surface area contributed by atoms with Crippen molar-refractivity contribution < 1.29 is 5.11 Å². The summed E-state index contributed by atoms with van der Waals surface area (Å²) in [5.74, 6) is 0. The molecule has 0 radical (unpaired) electrons. The maximum Gasteiger partial charge on any atom is 0.108 e. The maximum absolute atomic E-state index is 8.74. The molecule has 0 aromatic carbocycles. The summed E-state index contributed by atoms with van der Waals surface area (Å²) in [5.41, 5.74) is 1.53. The van der Waals surface area contributed by atoms with Crippen LogP contribution in [0.1, 0.15) is 12.6 Å². The van der Waals surface area contributed by atoms with Gasteiger partial charge in [0.2, 0.25) is 0 Å². The van der Waals surface area contributed by atoms with Crippen LogP contribution >= 0.6 is 0 Å². The van der Waals surface area contributed by atoms with Crippen molar-refractivity contribution in [2.45, 2.75) is 20.1 Å². The normalized spacial score (nSPS) is 10.9. The topological polar surface area (TPSA) is 50.9 Å². The van der Waals surface area contributed by atoms with Crippen molar-refractivity contribution in [3.05, 3.63) is 36.2 Å². The Morgan fingerprint density at radius 2 is 2.54 bits per heavy atom. The standard InChI is InChI=1S/C9H13N3O/c1-3-4-8(2)5-12-6-9(7-13)10-11-12/h3-4,6,13H,2,5,7H2,1H3/b4-3-. The van der Waals surface area contributed by atoms with Gasteiger partial charge in [-0.1, -0.05) is 23.9 Å².